The van der Waals surface area contributed by atoms with E-state index in [1.54, 1.807) is 132 Å². The van der Waals surface area contributed by atoms with Crippen LogP contribution in [0.25, 0.3) is 0 Å². The standard InChI is InChI=1S/C44H58N4O12/c1-39(2,3)57-35(51)45-27-21-17-15-19-25(27)43(23-29(31(49)55-13)47(33(43)45)37(53)59-41(7,8)9)44-24-30(32(50)56-14)48(38(54)60-42(10,11)12)34(44)46(36(52)58-40(4,5)6)28-22-18-16-20-26(28)44/h15-22,29-30,33-34H,23-24H2,1-14H3/t29-,30-,33-,34-,43+,44+/m1/s1. The van der Waals surface area contributed by atoms with Gasteiger partial charge in [-0.3, -0.25) is 19.6 Å². The van der Waals surface area contributed by atoms with Crippen molar-refractivity contribution in [1.29, 1.82) is 0 Å². The maximum atomic E-state index is 14.9. The number of para-hydroxylation sites is 2. The Balaban J connectivity index is 1.81. The Bertz CT molecular complexity index is 1950. The lowest BCUT2D eigenvalue weighted by atomic mass is 9.54. The molecule has 0 aliphatic carbocycles. The minimum atomic E-state index is -1.66. The first kappa shape index (κ1) is 44.0. The fraction of sp³-hybridized carbons (Fsp3) is 0.591. The van der Waals surface area contributed by atoms with E-state index in [4.69, 9.17) is 28.4 Å². The molecule has 60 heavy (non-hydrogen) atoms. The van der Waals surface area contributed by atoms with Gasteiger partial charge in [0.2, 0.25) is 0 Å². The number of hydrogen-bond donors (Lipinski definition) is 0. The number of esters is 2. The van der Waals surface area contributed by atoms with Crippen molar-refractivity contribution in [3.63, 3.8) is 0 Å². The van der Waals surface area contributed by atoms with Crippen LogP contribution in [0.3, 0.4) is 0 Å². The van der Waals surface area contributed by atoms with Crippen molar-refractivity contribution in [3.8, 4) is 0 Å². The van der Waals surface area contributed by atoms with Crippen LogP contribution in [0.5, 0.6) is 0 Å². The zero-order valence-electron chi connectivity index (χ0n) is 37.0. The van der Waals surface area contributed by atoms with Crippen molar-refractivity contribution in [2.75, 3.05) is 24.0 Å². The summed E-state index contributed by atoms with van der Waals surface area (Å²) in [6.07, 6.45) is -6.95. The summed E-state index contributed by atoms with van der Waals surface area (Å²) in [7, 11) is 2.39. The molecule has 4 heterocycles. The number of benzene rings is 2. The Kier molecular flexibility index (Phi) is 10.7. The molecule has 0 N–H and O–H groups in total. The van der Waals surface area contributed by atoms with Gasteiger partial charge < -0.3 is 28.4 Å². The van der Waals surface area contributed by atoms with Gasteiger partial charge in [0.15, 0.2) is 0 Å². The fourth-order valence-electron chi connectivity index (χ4n) is 9.48. The highest BCUT2D eigenvalue weighted by molar-refractivity contribution is 6.00. The molecule has 0 radical (unpaired) electrons. The molecule has 16 heteroatoms. The van der Waals surface area contributed by atoms with Crippen LogP contribution in [0.15, 0.2) is 48.5 Å². The van der Waals surface area contributed by atoms with Crippen molar-refractivity contribution >= 4 is 47.7 Å². The topological polar surface area (TPSA) is 171 Å². The lowest BCUT2D eigenvalue weighted by molar-refractivity contribution is -0.146. The van der Waals surface area contributed by atoms with E-state index in [1.807, 2.05) is 0 Å². The molecule has 4 aliphatic rings. The van der Waals surface area contributed by atoms with Crippen molar-refractivity contribution in [1.82, 2.24) is 9.80 Å². The number of fused-ring (bicyclic) bond motifs is 7. The molecule has 2 aromatic rings. The van der Waals surface area contributed by atoms with Crippen molar-refractivity contribution in [3.05, 3.63) is 59.7 Å². The molecule has 6 rings (SSSR count). The molecular weight excluding hydrogens is 776 g/mol. The molecule has 0 aromatic heterocycles. The first-order valence-electron chi connectivity index (χ1n) is 20.1. The normalized spacial score (nSPS) is 25.8. The highest BCUT2D eigenvalue weighted by atomic mass is 16.6. The van der Waals surface area contributed by atoms with Gasteiger partial charge in [-0.05, 0) is 119 Å². The number of ether oxygens (including phenoxy) is 6. The summed E-state index contributed by atoms with van der Waals surface area (Å²) < 4.78 is 35.0. The summed E-state index contributed by atoms with van der Waals surface area (Å²) in [6, 6.07) is 11.1. The van der Waals surface area contributed by atoms with Gasteiger partial charge in [-0.15, -0.1) is 0 Å². The number of carbonyl (C=O) groups excluding carboxylic acids is 6. The number of amides is 4. The van der Waals surface area contributed by atoms with E-state index in [0.29, 0.717) is 22.5 Å². The van der Waals surface area contributed by atoms with Crippen LogP contribution < -0.4 is 9.80 Å². The largest absolute Gasteiger partial charge is 0.467 e. The zero-order valence-corrected chi connectivity index (χ0v) is 37.0. The minimum Gasteiger partial charge on any atom is -0.467 e. The Morgan fingerprint density at radius 3 is 1.05 bits per heavy atom. The second-order valence-corrected chi connectivity index (χ2v) is 19.7. The van der Waals surface area contributed by atoms with Crippen LogP contribution >= 0.6 is 0 Å². The Morgan fingerprint density at radius 1 is 0.483 bits per heavy atom. The van der Waals surface area contributed by atoms with Gasteiger partial charge in [-0.1, -0.05) is 36.4 Å². The summed E-state index contributed by atoms with van der Waals surface area (Å²) in [4.78, 5) is 93.2. The number of nitrogens with zero attached hydrogens (tertiary/aromatic N) is 4. The quantitative estimate of drug-likeness (QED) is 0.222. The molecular formula is C44H58N4O12. The van der Waals surface area contributed by atoms with Crippen LogP contribution in [-0.4, -0.2) is 107 Å². The van der Waals surface area contributed by atoms with Crippen LogP contribution in [0.2, 0.25) is 0 Å². The number of carbonyl (C=O) groups is 6. The smallest absolute Gasteiger partial charge is 0.416 e. The molecule has 6 atom stereocenters. The predicted octanol–water partition coefficient (Wildman–Crippen LogP) is 7.39. The van der Waals surface area contributed by atoms with Crippen LogP contribution in [0.1, 0.15) is 107 Å². The maximum Gasteiger partial charge on any atom is 0.416 e. The lowest BCUT2D eigenvalue weighted by Gasteiger charge is -2.49. The molecule has 0 spiro atoms. The first-order chi connectivity index (χ1) is 27.6. The van der Waals surface area contributed by atoms with Gasteiger partial charge in [-0.2, -0.15) is 0 Å². The Morgan fingerprint density at radius 2 is 0.767 bits per heavy atom. The Labute approximate surface area is 351 Å². The Hall–Kier alpha value is -5.54. The molecule has 0 saturated carbocycles. The van der Waals surface area contributed by atoms with E-state index in [0.717, 1.165) is 0 Å². The average molecular weight is 835 g/mol. The fourth-order valence-corrected chi connectivity index (χ4v) is 9.48. The number of rotatable bonds is 3. The molecule has 326 valence electrons. The van der Waals surface area contributed by atoms with Crippen molar-refractivity contribution in [2.45, 2.75) is 154 Å². The molecule has 2 fully saturated rings. The van der Waals surface area contributed by atoms with Gasteiger partial charge >= 0.3 is 36.3 Å². The van der Waals surface area contributed by atoms with Crippen LogP contribution in [-0.2, 0) is 48.8 Å². The van der Waals surface area contributed by atoms with E-state index >= 15 is 0 Å². The predicted molar refractivity (Wildman–Crippen MR) is 218 cm³/mol. The second-order valence-electron chi connectivity index (χ2n) is 19.7. The number of hydrogen-bond acceptors (Lipinski definition) is 12. The minimum absolute atomic E-state index is 0.233. The molecule has 4 amide bonds. The lowest BCUT2D eigenvalue weighted by Crippen LogP contribution is -2.66. The average Bonchev–Trinajstić information content (AvgIpc) is 3.80. The van der Waals surface area contributed by atoms with Crippen molar-refractivity contribution in [2.24, 2.45) is 0 Å². The second kappa shape index (κ2) is 14.6. The molecule has 0 unspecified atom stereocenters. The molecule has 4 aliphatic heterocycles. The summed E-state index contributed by atoms with van der Waals surface area (Å²) >= 11 is 0. The van der Waals surface area contributed by atoms with Crippen LogP contribution in [0.4, 0.5) is 30.6 Å². The molecule has 2 aromatic carbocycles. The van der Waals surface area contributed by atoms with E-state index < -0.39 is 94.0 Å². The van der Waals surface area contributed by atoms with Gasteiger partial charge in [0.25, 0.3) is 0 Å². The summed E-state index contributed by atoms with van der Waals surface area (Å²) in [6.45, 7) is 20.3. The summed E-state index contributed by atoms with van der Waals surface area (Å²) in [5.74, 6) is -1.63. The van der Waals surface area contributed by atoms with Crippen molar-refractivity contribution < 1.29 is 57.2 Å². The highest BCUT2D eigenvalue weighted by Gasteiger charge is 2.81. The molecule has 2 saturated heterocycles. The molecule has 16 nitrogen and oxygen atoms in total. The van der Waals surface area contributed by atoms with Gasteiger partial charge in [0, 0.05) is 0 Å². The third-order valence-corrected chi connectivity index (χ3v) is 11.0. The third kappa shape index (κ3) is 7.14. The van der Waals surface area contributed by atoms with E-state index in [2.05, 4.69) is 0 Å². The van der Waals surface area contributed by atoms with E-state index in [9.17, 15) is 28.8 Å². The van der Waals surface area contributed by atoms with Gasteiger partial charge in [0.05, 0.1) is 36.4 Å². The monoisotopic (exact) mass is 834 g/mol. The van der Waals surface area contributed by atoms with E-state index in [1.165, 1.54) is 33.8 Å². The van der Waals surface area contributed by atoms with Gasteiger partial charge in [-0.25, -0.2) is 28.8 Å². The highest BCUT2D eigenvalue weighted by Crippen LogP contribution is 2.71. The number of anilines is 2. The third-order valence-electron chi connectivity index (χ3n) is 11.0. The summed E-state index contributed by atoms with van der Waals surface area (Å²) in [5.41, 5.74) is -5.90. The summed E-state index contributed by atoms with van der Waals surface area (Å²) in [5, 5.41) is 0. The first-order valence-corrected chi connectivity index (χ1v) is 20.1. The number of likely N-dealkylation sites (tertiary alicyclic amines) is 2. The van der Waals surface area contributed by atoms with Crippen LogP contribution in [0, 0.1) is 0 Å². The molecule has 0 bridgehead atoms. The maximum absolute atomic E-state index is 14.9. The zero-order chi connectivity index (χ0) is 44.7. The SMILES string of the molecule is COC(=O)[C@H]1C[C@]2([C@]34C[C@H](C(=O)OC)N(C(=O)OC(C)(C)C)[C@H]3N(C(=O)OC(C)(C)C)c3ccccc34)c3ccccc3N(C(=O)OC(C)(C)C)[C@@H]2N1C(=O)OC(C)(C)C. The van der Waals surface area contributed by atoms with E-state index in [-0.39, 0.29) is 12.8 Å². The number of methoxy groups -OCH3 is 2. The van der Waals surface area contributed by atoms with Gasteiger partial charge in [0.1, 0.15) is 46.8 Å².